The molecule has 0 radical (unpaired) electrons. The fourth-order valence-corrected chi connectivity index (χ4v) is 1.58. The number of carbonyl (C=O) groups is 1. The molecule has 1 heterocycles. The van der Waals surface area contributed by atoms with Gasteiger partial charge in [0.15, 0.2) is 5.78 Å². The molecule has 78 valence electrons. The molecule has 3 heteroatoms. The largest absolute Gasteiger partial charge is 0.515 e. The molecule has 0 bridgehead atoms. The van der Waals surface area contributed by atoms with Crippen molar-refractivity contribution in [2.24, 2.45) is 0 Å². The predicted molar refractivity (Wildman–Crippen MR) is 57.2 cm³/mol. The number of rotatable bonds is 1. The smallest absolute Gasteiger partial charge is 0.169 e. The normalized spacial score (nSPS) is 15.8. The third kappa shape index (κ3) is 1.73. The zero-order valence-electron chi connectivity index (χ0n) is 8.49. The third-order valence-corrected chi connectivity index (χ3v) is 2.52. The summed E-state index contributed by atoms with van der Waals surface area (Å²) in [5.74, 6) is 0.735. The van der Waals surface area contributed by atoms with Crippen molar-refractivity contribution in [1.82, 2.24) is 0 Å². The quantitative estimate of drug-likeness (QED) is 0.715. The number of aliphatic hydroxyl groups is 1. The van der Waals surface area contributed by atoms with Crippen molar-refractivity contribution in [3.63, 3.8) is 0 Å². The minimum Gasteiger partial charge on any atom is -0.515 e. The fourth-order valence-electron chi connectivity index (χ4n) is 1.58. The second-order valence-corrected chi connectivity index (χ2v) is 3.54. The zero-order valence-corrected chi connectivity index (χ0v) is 8.49. The zero-order chi connectivity index (χ0) is 10.8. The highest BCUT2D eigenvalue weighted by atomic mass is 16.5. The van der Waals surface area contributed by atoms with E-state index in [1.165, 1.54) is 0 Å². The Hall–Kier alpha value is -1.77. The minimum atomic E-state index is 0.119. The summed E-state index contributed by atoms with van der Waals surface area (Å²) in [5.41, 5.74) is 2.25. The molecule has 1 aliphatic heterocycles. The van der Waals surface area contributed by atoms with Gasteiger partial charge in [0.25, 0.3) is 0 Å². The van der Waals surface area contributed by atoms with E-state index < -0.39 is 0 Å². The number of allylic oxidation sites excluding steroid dienone is 1. The number of Topliss-reactive ketones (excluding diaryl/α,β-unsaturated/α-hetero) is 1. The van der Waals surface area contributed by atoms with Crippen molar-refractivity contribution in [2.45, 2.75) is 13.3 Å². The second kappa shape index (κ2) is 3.77. The molecule has 3 nitrogen and oxygen atoms in total. The highest BCUT2D eigenvalue weighted by Gasteiger charge is 2.18. The van der Waals surface area contributed by atoms with Gasteiger partial charge in [-0.3, -0.25) is 4.79 Å². The summed E-state index contributed by atoms with van der Waals surface area (Å²) < 4.78 is 5.40. The third-order valence-electron chi connectivity index (χ3n) is 2.52. The van der Waals surface area contributed by atoms with Crippen molar-refractivity contribution in [3.8, 4) is 5.75 Å². The highest BCUT2D eigenvalue weighted by Crippen LogP contribution is 2.28. The molecule has 0 atom stereocenters. The van der Waals surface area contributed by atoms with Crippen LogP contribution in [0.25, 0.3) is 5.57 Å². The molecule has 1 aromatic carbocycles. The maximum Gasteiger partial charge on any atom is 0.169 e. The van der Waals surface area contributed by atoms with Crippen LogP contribution in [-0.4, -0.2) is 17.5 Å². The van der Waals surface area contributed by atoms with Crippen LogP contribution < -0.4 is 4.74 Å². The number of carbonyl (C=O) groups excluding carboxylic acids is 1. The average molecular weight is 204 g/mol. The van der Waals surface area contributed by atoms with Gasteiger partial charge in [0, 0.05) is 6.42 Å². The van der Waals surface area contributed by atoms with Crippen molar-refractivity contribution in [2.75, 3.05) is 6.61 Å². The molecule has 2 rings (SSSR count). The van der Waals surface area contributed by atoms with Gasteiger partial charge in [-0.1, -0.05) is 6.07 Å². The summed E-state index contributed by atoms with van der Waals surface area (Å²) in [6, 6.07) is 5.35. The second-order valence-electron chi connectivity index (χ2n) is 3.54. The summed E-state index contributed by atoms with van der Waals surface area (Å²) in [6.07, 6.45) is 1.49. The van der Waals surface area contributed by atoms with E-state index >= 15 is 0 Å². The van der Waals surface area contributed by atoms with Crippen LogP contribution in [0.4, 0.5) is 0 Å². The van der Waals surface area contributed by atoms with Gasteiger partial charge in [0.1, 0.15) is 5.75 Å². The average Bonchev–Trinajstić information content (AvgIpc) is 2.28. The van der Waals surface area contributed by atoms with Crippen LogP contribution in [0.1, 0.15) is 29.3 Å². The van der Waals surface area contributed by atoms with Crippen LogP contribution >= 0.6 is 0 Å². The number of fused-ring (bicyclic) bond motifs is 1. The SMILES string of the molecule is C/C(=C\O)c1ccc2c(c1)OCCC2=O. The highest BCUT2D eigenvalue weighted by molar-refractivity contribution is 6.00. The fraction of sp³-hybridized carbons (Fsp3) is 0.250. The van der Waals surface area contributed by atoms with E-state index in [1.54, 1.807) is 19.1 Å². The first-order chi connectivity index (χ1) is 7.22. The van der Waals surface area contributed by atoms with E-state index in [2.05, 4.69) is 0 Å². The molecule has 1 aromatic rings. The van der Waals surface area contributed by atoms with Crippen LogP contribution in [0, 0.1) is 0 Å². The van der Waals surface area contributed by atoms with E-state index in [4.69, 9.17) is 9.84 Å². The first-order valence-corrected chi connectivity index (χ1v) is 4.84. The van der Waals surface area contributed by atoms with Crippen LogP contribution in [0.3, 0.4) is 0 Å². The monoisotopic (exact) mass is 204 g/mol. The van der Waals surface area contributed by atoms with E-state index in [0.29, 0.717) is 24.3 Å². The van der Waals surface area contributed by atoms with Crippen LogP contribution in [0.2, 0.25) is 0 Å². The molecule has 0 fully saturated rings. The Balaban J connectivity index is 2.46. The lowest BCUT2D eigenvalue weighted by Crippen LogP contribution is -2.15. The number of ether oxygens (including phenoxy) is 1. The van der Waals surface area contributed by atoms with Gasteiger partial charge in [0.2, 0.25) is 0 Å². The lowest BCUT2D eigenvalue weighted by Gasteiger charge is -2.16. The van der Waals surface area contributed by atoms with E-state index in [9.17, 15) is 4.79 Å². The predicted octanol–water partition coefficient (Wildman–Crippen LogP) is 2.57. The van der Waals surface area contributed by atoms with Crippen molar-refractivity contribution in [1.29, 1.82) is 0 Å². The Morgan fingerprint density at radius 3 is 3.07 bits per heavy atom. The van der Waals surface area contributed by atoms with E-state index in [1.807, 2.05) is 6.07 Å². The van der Waals surface area contributed by atoms with Gasteiger partial charge in [-0.2, -0.15) is 0 Å². The lowest BCUT2D eigenvalue weighted by atomic mass is 10.0. The molecular weight excluding hydrogens is 192 g/mol. The van der Waals surface area contributed by atoms with E-state index in [0.717, 1.165) is 17.4 Å². The van der Waals surface area contributed by atoms with Crippen molar-refractivity contribution in [3.05, 3.63) is 35.6 Å². The van der Waals surface area contributed by atoms with Crippen molar-refractivity contribution >= 4 is 11.4 Å². The van der Waals surface area contributed by atoms with Gasteiger partial charge in [-0.05, 0) is 30.2 Å². The first-order valence-electron chi connectivity index (χ1n) is 4.84. The Kier molecular flexibility index (Phi) is 2.46. The summed E-state index contributed by atoms with van der Waals surface area (Å²) >= 11 is 0. The molecule has 0 spiro atoms. The van der Waals surface area contributed by atoms with E-state index in [-0.39, 0.29) is 5.78 Å². The standard InChI is InChI=1S/C12H12O3/c1-8(7-13)9-2-3-10-11(14)4-5-15-12(10)6-9/h2-3,6-7,13H,4-5H2,1H3/b8-7+. The molecule has 0 saturated carbocycles. The number of benzene rings is 1. The van der Waals surface area contributed by atoms with Crippen LogP contribution in [0.5, 0.6) is 5.75 Å². The van der Waals surface area contributed by atoms with Gasteiger partial charge in [-0.25, -0.2) is 0 Å². The van der Waals surface area contributed by atoms with Crippen LogP contribution in [0.15, 0.2) is 24.5 Å². The molecule has 0 aromatic heterocycles. The van der Waals surface area contributed by atoms with Crippen LogP contribution in [-0.2, 0) is 0 Å². The summed E-state index contributed by atoms with van der Waals surface area (Å²) in [6.45, 7) is 2.24. The molecular formula is C12H12O3. The summed E-state index contributed by atoms with van der Waals surface area (Å²) in [4.78, 5) is 11.5. The molecule has 0 amide bonds. The minimum absolute atomic E-state index is 0.119. The molecule has 1 N–H and O–H groups in total. The molecule has 0 aliphatic carbocycles. The topological polar surface area (TPSA) is 46.5 Å². The Bertz CT molecular complexity index is 432. The number of aliphatic hydroxyl groups excluding tert-OH is 1. The Labute approximate surface area is 88.0 Å². The Morgan fingerprint density at radius 1 is 1.53 bits per heavy atom. The maximum atomic E-state index is 11.5. The summed E-state index contributed by atoms with van der Waals surface area (Å²) in [7, 11) is 0. The van der Waals surface area contributed by atoms with Gasteiger partial charge >= 0.3 is 0 Å². The number of hydrogen-bond acceptors (Lipinski definition) is 3. The Morgan fingerprint density at radius 2 is 2.33 bits per heavy atom. The van der Waals surface area contributed by atoms with Gasteiger partial charge in [0.05, 0.1) is 18.4 Å². The molecule has 15 heavy (non-hydrogen) atoms. The van der Waals surface area contributed by atoms with Crippen molar-refractivity contribution < 1.29 is 14.6 Å². The lowest BCUT2D eigenvalue weighted by molar-refractivity contribution is 0.0933. The molecule has 1 aliphatic rings. The summed E-state index contributed by atoms with van der Waals surface area (Å²) in [5, 5.41) is 8.87. The van der Waals surface area contributed by atoms with Gasteiger partial charge in [-0.15, -0.1) is 0 Å². The maximum absolute atomic E-state index is 11.5. The molecule has 0 saturated heterocycles. The number of hydrogen-bond donors (Lipinski definition) is 1. The first kappa shape index (κ1) is 9.77. The molecule has 0 unspecified atom stereocenters. The number of ketones is 1. The van der Waals surface area contributed by atoms with Gasteiger partial charge < -0.3 is 9.84 Å².